The van der Waals surface area contributed by atoms with Gasteiger partial charge in [-0.25, -0.2) is 0 Å². The molecule has 6 nitrogen and oxygen atoms in total. The number of nitrogens with zero attached hydrogens (tertiary/aromatic N) is 2. The first-order chi connectivity index (χ1) is 12.7. The molecule has 0 spiro atoms. The molecule has 1 aromatic heterocycles. The van der Waals surface area contributed by atoms with Crippen LogP contribution in [0.3, 0.4) is 0 Å². The number of halogens is 1. The molecule has 0 atom stereocenters. The van der Waals surface area contributed by atoms with E-state index in [1.54, 1.807) is 12.4 Å². The predicted octanol–water partition coefficient (Wildman–Crippen LogP) is 3.04. The molecule has 3 rings (SSSR count). The quantitative estimate of drug-likeness (QED) is 0.676. The number of amides is 1. The van der Waals surface area contributed by atoms with Crippen LogP contribution < -0.4 is 10.6 Å². The Hall–Kier alpha value is -1.96. The zero-order valence-electron chi connectivity index (χ0n) is 14.6. The second kappa shape index (κ2) is 9.66. The van der Waals surface area contributed by atoms with E-state index in [1.165, 1.54) is 0 Å². The van der Waals surface area contributed by atoms with Crippen LogP contribution in [0.1, 0.15) is 16.8 Å². The van der Waals surface area contributed by atoms with Gasteiger partial charge in [-0.05, 0) is 37.2 Å². The summed E-state index contributed by atoms with van der Waals surface area (Å²) in [6.07, 6.45) is 4.19. The minimum absolute atomic E-state index is 0.113. The summed E-state index contributed by atoms with van der Waals surface area (Å²) >= 11 is 3.45. The summed E-state index contributed by atoms with van der Waals surface area (Å²) in [4.78, 5) is 19.0. The fourth-order valence-corrected chi connectivity index (χ4v) is 3.23. The van der Waals surface area contributed by atoms with Crippen LogP contribution in [0.25, 0.3) is 0 Å². The van der Waals surface area contributed by atoms with Gasteiger partial charge in [-0.3, -0.25) is 14.7 Å². The minimum Gasteiger partial charge on any atom is -0.379 e. The van der Waals surface area contributed by atoms with E-state index in [0.717, 1.165) is 55.1 Å². The SMILES string of the molecule is O=C(NCCCN1CCOCC1)c1cnccc1Nc1cccc(Br)c1. The van der Waals surface area contributed by atoms with Crippen LogP contribution in [0.4, 0.5) is 11.4 Å². The largest absolute Gasteiger partial charge is 0.379 e. The average Bonchev–Trinajstić information content (AvgIpc) is 2.66. The van der Waals surface area contributed by atoms with Gasteiger partial charge in [0.15, 0.2) is 0 Å². The number of benzene rings is 1. The molecule has 0 aliphatic carbocycles. The maximum atomic E-state index is 12.5. The lowest BCUT2D eigenvalue weighted by molar-refractivity contribution is 0.0374. The monoisotopic (exact) mass is 418 g/mol. The van der Waals surface area contributed by atoms with Gasteiger partial charge in [-0.15, -0.1) is 0 Å². The topological polar surface area (TPSA) is 66.5 Å². The van der Waals surface area contributed by atoms with Crippen molar-refractivity contribution in [1.82, 2.24) is 15.2 Å². The Labute approximate surface area is 162 Å². The summed E-state index contributed by atoms with van der Waals surface area (Å²) in [5, 5.41) is 6.27. The molecule has 0 bridgehead atoms. The van der Waals surface area contributed by atoms with Crippen LogP contribution in [-0.4, -0.2) is 55.2 Å². The number of nitrogens with one attached hydrogen (secondary N) is 2. The smallest absolute Gasteiger partial charge is 0.254 e. The zero-order chi connectivity index (χ0) is 18.2. The fraction of sp³-hybridized carbons (Fsp3) is 0.368. The van der Waals surface area contributed by atoms with Crippen molar-refractivity contribution in [3.8, 4) is 0 Å². The number of carbonyl (C=O) groups excluding carboxylic acids is 1. The first-order valence-corrected chi connectivity index (χ1v) is 9.56. The molecule has 1 aromatic carbocycles. The summed E-state index contributed by atoms with van der Waals surface area (Å²) in [6.45, 7) is 5.15. The Balaban J connectivity index is 1.53. The second-order valence-electron chi connectivity index (χ2n) is 6.12. The molecule has 1 saturated heterocycles. The van der Waals surface area contributed by atoms with E-state index in [2.05, 4.69) is 36.4 Å². The van der Waals surface area contributed by atoms with Gasteiger partial charge >= 0.3 is 0 Å². The molecule has 2 aromatic rings. The van der Waals surface area contributed by atoms with Gasteiger partial charge in [-0.1, -0.05) is 22.0 Å². The molecule has 1 aliphatic heterocycles. The van der Waals surface area contributed by atoms with E-state index in [9.17, 15) is 4.79 Å². The highest BCUT2D eigenvalue weighted by atomic mass is 79.9. The highest BCUT2D eigenvalue weighted by Gasteiger charge is 2.13. The number of carbonyl (C=O) groups is 1. The molecule has 0 saturated carbocycles. The molecule has 1 amide bonds. The van der Waals surface area contributed by atoms with Crippen molar-refractivity contribution in [3.63, 3.8) is 0 Å². The highest BCUT2D eigenvalue weighted by molar-refractivity contribution is 9.10. The third-order valence-corrected chi connectivity index (χ3v) is 4.70. The second-order valence-corrected chi connectivity index (χ2v) is 7.04. The van der Waals surface area contributed by atoms with E-state index >= 15 is 0 Å². The van der Waals surface area contributed by atoms with Crippen molar-refractivity contribution in [2.24, 2.45) is 0 Å². The number of ether oxygens (including phenoxy) is 1. The predicted molar refractivity (Wildman–Crippen MR) is 106 cm³/mol. The van der Waals surface area contributed by atoms with Crippen molar-refractivity contribution < 1.29 is 9.53 Å². The summed E-state index contributed by atoms with van der Waals surface area (Å²) in [5.41, 5.74) is 2.19. The van der Waals surface area contributed by atoms with E-state index < -0.39 is 0 Å². The van der Waals surface area contributed by atoms with Crippen molar-refractivity contribution >= 4 is 33.2 Å². The van der Waals surface area contributed by atoms with Crippen LogP contribution in [0.2, 0.25) is 0 Å². The molecule has 1 fully saturated rings. The van der Waals surface area contributed by atoms with Gasteiger partial charge in [0.25, 0.3) is 5.91 Å². The van der Waals surface area contributed by atoms with E-state index in [0.29, 0.717) is 12.1 Å². The van der Waals surface area contributed by atoms with E-state index in [-0.39, 0.29) is 5.91 Å². The highest BCUT2D eigenvalue weighted by Crippen LogP contribution is 2.22. The van der Waals surface area contributed by atoms with Crippen molar-refractivity contribution in [3.05, 3.63) is 52.8 Å². The molecule has 2 N–H and O–H groups in total. The van der Waals surface area contributed by atoms with Gasteiger partial charge in [0.2, 0.25) is 0 Å². The molecule has 7 heteroatoms. The Morgan fingerprint density at radius 1 is 1.27 bits per heavy atom. The fourth-order valence-electron chi connectivity index (χ4n) is 2.83. The Morgan fingerprint density at radius 2 is 2.12 bits per heavy atom. The van der Waals surface area contributed by atoms with Gasteiger partial charge in [0, 0.05) is 42.2 Å². The number of hydrogen-bond acceptors (Lipinski definition) is 5. The van der Waals surface area contributed by atoms with Crippen molar-refractivity contribution in [2.75, 3.05) is 44.7 Å². The van der Waals surface area contributed by atoms with E-state index in [4.69, 9.17) is 4.74 Å². The first kappa shape index (κ1) is 18.8. The molecule has 26 heavy (non-hydrogen) atoms. The van der Waals surface area contributed by atoms with Crippen LogP contribution in [0.5, 0.6) is 0 Å². The number of anilines is 2. The zero-order valence-corrected chi connectivity index (χ0v) is 16.2. The normalized spacial score (nSPS) is 14.8. The molecule has 138 valence electrons. The number of hydrogen-bond donors (Lipinski definition) is 2. The third kappa shape index (κ3) is 5.52. The maximum Gasteiger partial charge on any atom is 0.254 e. The average molecular weight is 419 g/mol. The molecular weight excluding hydrogens is 396 g/mol. The van der Waals surface area contributed by atoms with Crippen LogP contribution in [-0.2, 0) is 4.74 Å². The Kier molecular flexibility index (Phi) is 6.99. The van der Waals surface area contributed by atoms with Crippen LogP contribution in [0, 0.1) is 0 Å². The summed E-state index contributed by atoms with van der Waals surface area (Å²) in [7, 11) is 0. The Bertz CT molecular complexity index is 735. The minimum atomic E-state index is -0.113. The number of aromatic nitrogens is 1. The van der Waals surface area contributed by atoms with Crippen LogP contribution in [0.15, 0.2) is 47.2 Å². The van der Waals surface area contributed by atoms with Crippen molar-refractivity contribution in [2.45, 2.75) is 6.42 Å². The summed E-state index contributed by atoms with van der Waals surface area (Å²) in [6, 6.07) is 9.63. The standard InChI is InChI=1S/C19H23BrN4O2/c20-15-3-1-4-16(13-15)23-18-5-7-21-14-17(18)19(25)22-6-2-8-24-9-11-26-12-10-24/h1,3-5,7,13-14H,2,6,8-12H2,(H,21,23)(H,22,25). The molecule has 1 aliphatic rings. The summed E-state index contributed by atoms with van der Waals surface area (Å²) < 4.78 is 6.32. The van der Waals surface area contributed by atoms with Crippen LogP contribution >= 0.6 is 15.9 Å². The summed E-state index contributed by atoms with van der Waals surface area (Å²) in [5.74, 6) is -0.113. The van der Waals surface area contributed by atoms with Gasteiger partial charge in [0.05, 0.1) is 24.5 Å². The lowest BCUT2D eigenvalue weighted by Gasteiger charge is -2.26. The molecular formula is C19H23BrN4O2. The Morgan fingerprint density at radius 3 is 2.92 bits per heavy atom. The lowest BCUT2D eigenvalue weighted by atomic mass is 10.2. The van der Waals surface area contributed by atoms with E-state index in [1.807, 2.05) is 30.3 Å². The lowest BCUT2D eigenvalue weighted by Crippen LogP contribution is -2.38. The molecule has 0 unspecified atom stereocenters. The number of rotatable bonds is 7. The first-order valence-electron chi connectivity index (χ1n) is 8.77. The molecule has 0 radical (unpaired) electrons. The molecule has 2 heterocycles. The number of morpholine rings is 1. The maximum absolute atomic E-state index is 12.5. The number of pyridine rings is 1. The van der Waals surface area contributed by atoms with Crippen molar-refractivity contribution in [1.29, 1.82) is 0 Å². The van der Waals surface area contributed by atoms with Gasteiger partial charge in [-0.2, -0.15) is 0 Å². The van der Waals surface area contributed by atoms with Gasteiger partial charge in [0.1, 0.15) is 0 Å². The van der Waals surface area contributed by atoms with Gasteiger partial charge < -0.3 is 15.4 Å². The third-order valence-electron chi connectivity index (χ3n) is 4.21.